The minimum absolute atomic E-state index is 0.0363. The Morgan fingerprint density at radius 2 is 2.18 bits per heavy atom. The van der Waals surface area contributed by atoms with Crippen molar-refractivity contribution in [3.63, 3.8) is 0 Å². The van der Waals surface area contributed by atoms with E-state index in [0.717, 1.165) is 18.5 Å². The number of hydrogen-bond donors (Lipinski definition) is 1. The van der Waals surface area contributed by atoms with E-state index in [1.165, 1.54) is 0 Å². The van der Waals surface area contributed by atoms with Gasteiger partial charge in [-0.1, -0.05) is 0 Å². The van der Waals surface area contributed by atoms with Gasteiger partial charge in [-0.2, -0.15) is 5.10 Å². The van der Waals surface area contributed by atoms with Crippen molar-refractivity contribution in [3.05, 3.63) is 35.3 Å². The second-order valence-electron chi connectivity index (χ2n) is 5.62. The molecule has 6 nitrogen and oxygen atoms in total. The van der Waals surface area contributed by atoms with Crippen molar-refractivity contribution in [2.45, 2.75) is 38.8 Å². The van der Waals surface area contributed by atoms with Crippen LogP contribution < -0.4 is 5.32 Å². The summed E-state index contributed by atoms with van der Waals surface area (Å²) in [5.41, 5.74) is 1.40. The average molecular weight is 305 g/mol. The molecular weight excluding hydrogens is 285 g/mol. The average Bonchev–Trinajstić information content (AvgIpc) is 2.91. The lowest BCUT2D eigenvalue weighted by molar-refractivity contribution is 0.00493. The Hall–Kier alpha value is -2.02. The summed E-state index contributed by atoms with van der Waals surface area (Å²) in [4.78, 5) is 8.21. The Labute approximate surface area is 128 Å². The quantitative estimate of drug-likeness (QED) is 0.942. The van der Waals surface area contributed by atoms with Crippen LogP contribution in [0.1, 0.15) is 36.2 Å². The standard InChI is InChI=1S/C15H20FN5O/c1-9-14(16)15(19-10(2)18-9)20-11-5-7-22-13(8-11)12-4-6-17-21(12)3/h4,6,11,13H,5,7-8H2,1-3H3,(H,18,19,20). The first-order valence-electron chi connectivity index (χ1n) is 7.41. The Morgan fingerprint density at radius 1 is 1.36 bits per heavy atom. The smallest absolute Gasteiger partial charge is 0.186 e. The lowest BCUT2D eigenvalue weighted by atomic mass is 10.0. The third-order valence-electron chi connectivity index (χ3n) is 3.94. The first kappa shape index (κ1) is 14.9. The molecule has 0 aromatic carbocycles. The Balaban J connectivity index is 1.75. The van der Waals surface area contributed by atoms with Crippen LogP contribution in [0.2, 0.25) is 0 Å². The summed E-state index contributed by atoms with van der Waals surface area (Å²) in [6.07, 6.45) is 3.29. The summed E-state index contributed by atoms with van der Waals surface area (Å²) in [5.74, 6) is 0.464. The third kappa shape index (κ3) is 2.94. The van der Waals surface area contributed by atoms with Gasteiger partial charge in [0.1, 0.15) is 11.9 Å². The maximum atomic E-state index is 14.1. The van der Waals surface area contributed by atoms with Crippen LogP contribution in [0, 0.1) is 19.7 Å². The highest BCUT2D eigenvalue weighted by molar-refractivity contribution is 5.39. The van der Waals surface area contributed by atoms with Gasteiger partial charge in [0, 0.05) is 25.9 Å². The van der Waals surface area contributed by atoms with E-state index in [2.05, 4.69) is 20.4 Å². The zero-order valence-electron chi connectivity index (χ0n) is 13.0. The van der Waals surface area contributed by atoms with Gasteiger partial charge in [0.2, 0.25) is 0 Å². The summed E-state index contributed by atoms with van der Waals surface area (Å²) in [7, 11) is 1.90. The normalized spacial score (nSPS) is 21.8. The fraction of sp³-hybridized carbons (Fsp3) is 0.533. The number of ether oxygens (including phenoxy) is 1. The number of nitrogens with zero attached hydrogens (tertiary/aromatic N) is 4. The fourth-order valence-electron chi connectivity index (χ4n) is 2.82. The largest absolute Gasteiger partial charge is 0.372 e. The zero-order chi connectivity index (χ0) is 15.7. The monoisotopic (exact) mass is 305 g/mol. The second-order valence-corrected chi connectivity index (χ2v) is 5.62. The van der Waals surface area contributed by atoms with Crippen LogP contribution in [0.4, 0.5) is 10.2 Å². The van der Waals surface area contributed by atoms with Crippen molar-refractivity contribution >= 4 is 5.82 Å². The molecule has 0 aliphatic carbocycles. The van der Waals surface area contributed by atoms with E-state index in [1.807, 2.05) is 17.8 Å². The molecule has 0 bridgehead atoms. The first-order chi connectivity index (χ1) is 10.5. The Bertz CT molecular complexity index is 672. The molecule has 1 aliphatic rings. The van der Waals surface area contributed by atoms with Gasteiger partial charge in [-0.15, -0.1) is 0 Å². The van der Waals surface area contributed by atoms with E-state index in [-0.39, 0.29) is 23.8 Å². The van der Waals surface area contributed by atoms with Crippen molar-refractivity contribution in [2.75, 3.05) is 11.9 Å². The summed E-state index contributed by atoms with van der Waals surface area (Å²) in [6.45, 7) is 4.04. The van der Waals surface area contributed by atoms with Gasteiger partial charge in [-0.3, -0.25) is 4.68 Å². The van der Waals surface area contributed by atoms with Crippen molar-refractivity contribution in [1.82, 2.24) is 19.7 Å². The number of aryl methyl sites for hydroxylation is 3. The summed E-state index contributed by atoms with van der Waals surface area (Å²) in [6, 6.07) is 2.06. The number of hydrogen-bond acceptors (Lipinski definition) is 5. The molecule has 2 aromatic heterocycles. The number of halogens is 1. The summed E-state index contributed by atoms with van der Waals surface area (Å²) >= 11 is 0. The lowest BCUT2D eigenvalue weighted by Gasteiger charge is -2.30. The van der Waals surface area contributed by atoms with E-state index in [9.17, 15) is 4.39 Å². The predicted octanol–water partition coefficient (Wildman–Crippen LogP) is 2.30. The van der Waals surface area contributed by atoms with Gasteiger partial charge >= 0.3 is 0 Å². The van der Waals surface area contributed by atoms with Crippen LogP contribution in [0.5, 0.6) is 0 Å². The molecule has 1 N–H and O–H groups in total. The minimum Gasteiger partial charge on any atom is -0.372 e. The van der Waals surface area contributed by atoms with Crippen LogP contribution in [0.3, 0.4) is 0 Å². The molecule has 2 atom stereocenters. The van der Waals surface area contributed by atoms with Crippen molar-refractivity contribution < 1.29 is 9.13 Å². The molecule has 0 amide bonds. The molecule has 118 valence electrons. The van der Waals surface area contributed by atoms with Gasteiger partial charge in [0.05, 0.1) is 11.4 Å². The molecular formula is C15H20FN5O. The molecule has 0 radical (unpaired) electrons. The van der Waals surface area contributed by atoms with Gasteiger partial charge in [0.25, 0.3) is 0 Å². The molecule has 3 heterocycles. The first-order valence-corrected chi connectivity index (χ1v) is 7.41. The van der Waals surface area contributed by atoms with Gasteiger partial charge in [0.15, 0.2) is 11.6 Å². The number of aromatic nitrogens is 4. The van der Waals surface area contributed by atoms with E-state index in [1.54, 1.807) is 20.0 Å². The van der Waals surface area contributed by atoms with Crippen LogP contribution in [0.15, 0.2) is 12.3 Å². The van der Waals surface area contributed by atoms with Gasteiger partial charge < -0.3 is 10.1 Å². The Kier molecular flexibility index (Phi) is 4.06. The third-order valence-corrected chi connectivity index (χ3v) is 3.94. The number of nitrogens with one attached hydrogen (secondary N) is 1. The van der Waals surface area contributed by atoms with Crippen LogP contribution in [0.25, 0.3) is 0 Å². The van der Waals surface area contributed by atoms with E-state index in [4.69, 9.17) is 4.74 Å². The number of rotatable bonds is 3. The highest BCUT2D eigenvalue weighted by atomic mass is 19.1. The molecule has 1 saturated heterocycles. The predicted molar refractivity (Wildman–Crippen MR) is 80.0 cm³/mol. The molecule has 2 unspecified atom stereocenters. The molecule has 2 aromatic rings. The molecule has 7 heteroatoms. The molecule has 0 saturated carbocycles. The van der Waals surface area contributed by atoms with E-state index < -0.39 is 0 Å². The highest BCUT2D eigenvalue weighted by Gasteiger charge is 2.27. The summed E-state index contributed by atoms with van der Waals surface area (Å²) < 4.78 is 21.8. The van der Waals surface area contributed by atoms with E-state index >= 15 is 0 Å². The zero-order valence-corrected chi connectivity index (χ0v) is 13.0. The molecule has 1 aliphatic heterocycles. The van der Waals surface area contributed by atoms with Crippen molar-refractivity contribution in [2.24, 2.45) is 7.05 Å². The van der Waals surface area contributed by atoms with Gasteiger partial charge in [-0.05, 0) is 32.8 Å². The fourth-order valence-corrected chi connectivity index (χ4v) is 2.82. The Morgan fingerprint density at radius 3 is 2.91 bits per heavy atom. The highest BCUT2D eigenvalue weighted by Crippen LogP contribution is 2.29. The second kappa shape index (κ2) is 6.00. The molecule has 3 rings (SSSR count). The molecule has 0 spiro atoms. The summed E-state index contributed by atoms with van der Waals surface area (Å²) in [5, 5.41) is 7.38. The van der Waals surface area contributed by atoms with Crippen LogP contribution in [-0.2, 0) is 11.8 Å². The maximum Gasteiger partial charge on any atom is 0.186 e. The van der Waals surface area contributed by atoms with Crippen molar-refractivity contribution in [3.8, 4) is 0 Å². The van der Waals surface area contributed by atoms with E-state index in [0.29, 0.717) is 18.1 Å². The topological polar surface area (TPSA) is 64.9 Å². The van der Waals surface area contributed by atoms with Gasteiger partial charge in [-0.25, -0.2) is 14.4 Å². The SMILES string of the molecule is Cc1nc(C)c(F)c(NC2CCOC(c3ccnn3C)C2)n1. The molecule has 22 heavy (non-hydrogen) atoms. The minimum atomic E-state index is -0.380. The van der Waals surface area contributed by atoms with Crippen LogP contribution in [-0.4, -0.2) is 32.4 Å². The lowest BCUT2D eigenvalue weighted by Crippen LogP contribution is -2.31. The van der Waals surface area contributed by atoms with Crippen molar-refractivity contribution in [1.29, 1.82) is 0 Å². The molecule has 1 fully saturated rings. The maximum absolute atomic E-state index is 14.1. The number of anilines is 1. The van der Waals surface area contributed by atoms with Crippen LogP contribution >= 0.6 is 0 Å².